The maximum atomic E-state index is 12.7. The summed E-state index contributed by atoms with van der Waals surface area (Å²) in [7, 11) is 0. The van der Waals surface area contributed by atoms with Gasteiger partial charge in [0.05, 0.1) is 17.5 Å². The fourth-order valence-corrected chi connectivity index (χ4v) is 4.05. The van der Waals surface area contributed by atoms with E-state index in [1.807, 2.05) is 0 Å². The molecule has 0 radical (unpaired) electrons. The molecule has 0 unspecified atom stereocenters. The third-order valence-electron chi connectivity index (χ3n) is 5.07. The molecule has 1 aliphatic heterocycles. The Balaban J connectivity index is 1.64. The van der Waals surface area contributed by atoms with Gasteiger partial charge in [-0.05, 0) is 30.4 Å². The van der Waals surface area contributed by atoms with Crippen LogP contribution >= 0.6 is 0 Å². The van der Waals surface area contributed by atoms with E-state index in [2.05, 4.69) is 12.2 Å². The molecule has 1 aromatic rings. The van der Waals surface area contributed by atoms with Gasteiger partial charge < -0.3 is 4.74 Å². The Morgan fingerprint density at radius 3 is 2.43 bits per heavy atom. The van der Waals surface area contributed by atoms with Gasteiger partial charge in [-0.1, -0.05) is 25.1 Å². The van der Waals surface area contributed by atoms with Crippen LogP contribution in [0.4, 0.5) is 5.69 Å². The van der Waals surface area contributed by atoms with E-state index in [4.69, 9.17) is 4.74 Å². The molecule has 118 valence electrons. The minimum Gasteiger partial charge on any atom is -0.426 e. The van der Waals surface area contributed by atoms with Gasteiger partial charge in [-0.2, -0.15) is 0 Å². The van der Waals surface area contributed by atoms with Crippen LogP contribution < -0.4 is 9.64 Å². The molecule has 2 amide bonds. The van der Waals surface area contributed by atoms with Crippen molar-refractivity contribution in [3.63, 3.8) is 0 Å². The Hall–Kier alpha value is -2.43. The Morgan fingerprint density at radius 1 is 1.17 bits per heavy atom. The topological polar surface area (TPSA) is 63.7 Å². The fraction of sp³-hybridized carbons (Fsp3) is 0.389. The van der Waals surface area contributed by atoms with Gasteiger partial charge in [-0.15, -0.1) is 0 Å². The van der Waals surface area contributed by atoms with E-state index in [9.17, 15) is 14.4 Å². The average Bonchev–Trinajstić information content (AvgIpc) is 3.21. The summed E-state index contributed by atoms with van der Waals surface area (Å²) in [6.07, 6.45) is 5.32. The van der Waals surface area contributed by atoms with Crippen molar-refractivity contribution in [2.24, 2.45) is 23.7 Å². The van der Waals surface area contributed by atoms with E-state index in [-0.39, 0.29) is 47.9 Å². The minimum atomic E-state index is -0.347. The largest absolute Gasteiger partial charge is 0.426 e. The van der Waals surface area contributed by atoms with Crippen molar-refractivity contribution in [3.05, 3.63) is 36.4 Å². The highest BCUT2D eigenvalue weighted by Crippen LogP contribution is 2.53. The molecule has 1 saturated carbocycles. The number of carbonyl (C=O) groups excluding carboxylic acids is 3. The molecule has 5 heteroatoms. The van der Waals surface area contributed by atoms with Gasteiger partial charge in [0, 0.05) is 12.5 Å². The van der Waals surface area contributed by atoms with Crippen molar-refractivity contribution in [2.45, 2.75) is 19.8 Å². The number of imide groups is 1. The molecular weight excluding hydrogens is 294 g/mol. The third-order valence-corrected chi connectivity index (χ3v) is 5.07. The summed E-state index contributed by atoms with van der Waals surface area (Å²) < 4.78 is 5.18. The first kappa shape index (κ1) is 14.2. The second-order valence-electron chi connectivity index (χ2n) is 6.34. The molecule has 2 aliphatic carbocycles. The second kappa shape index (κ2) is 5.05. The lowest BCUT2D eigenvalue weighted by Crippen LogP contribution is -2.32. The number of allylic oxidation sites excluding steroid dienone is 2. The number of nitrogens with zero attached hydrogens (tertiary/aromatic N) is 1. The van der Waals surface area contributed by atoms with Crippen LogP contribution in [0.3, 0.4) is 0 Å². The zero-order valence-corrected chi connectivity index (χ0v) is 12.8. The van der Waals surface area contributed by atoms with Crippen LogP contribution in [0, 0.1) is 23.7 Å². The smallest absolute Gasteiger partial charge is 0.310 e. The summed E-state index contributed by atoms with van der Waals surface area (Å²) >= 11 is 0. The predicted molar refractivity (Wildman–Crippen MR) is 82.6 cm³/mol. The molecule has 4 rings (SSSR count). The van der Waals surface area contributed by atoms with Gasteiger partial charge in [0.25, 0.3) is 0 Å². The van der Waals surface area contributed by atoms with Crippen LogP contribution in [0.25, 0.3) is 0 Å². The Bertz CT molecular complexity index is 708. The molecule has 2 fully saturated rings. The van der Waals surface area contributed by atoms with E-state index in [1.165, 1.54) is 4.90 Å². The van der Waals surface area contributed by atoms with Gasteiger partial charge in [-0.25, -0.2) is 4.90 Å². The first-order valence-electron chi connectivity index (χ1n) is 7.97. The van der Waals surface area contributed by atoms with Crippen LogP contribution in [0.15, 0.2) is 36.4 Å². The monoisotopic (exact) mass is 311 g/mol. The molecule has 0 aromatic heterocycles. The van der Waals surface area contributed by atoms with E-state index < -0.39 is 0 Å². The van der Waals surface area contributed by atoms with Crippen LogP contribution in [0.5, 0.6) is 5.75 Å². The number of carbonyl (C=O) groups is 3. The second-order valence-corrected chi connectivity index (χ2v) is 6.34. The predicted octanol–water partition coefficient (Wildman–Crippen LogP) is 2.31. The van der Waals surface area contributed by atoms with Crippen LogP contribution in [0.1, 0.15) is 19.8 Å². The molecule has 1 heterocycles. The molecule has 5 nitrogen and oxygen atoms in total. The average molecular weight is 311 g/mol. The summed E-state index contributed by atoms with van der Waals surface area (Å²) in [4.78, 5) is 38.2. The van der Waals surface area contributed by atoms with Crippen molar-refractivity contribution in [2.75, 3.05) is 4.90 Å². The van der Waals surface area contributed by atoms with Gasteiger partial charge in [0.15, 0.2) is 0 Å². The number of hydrogen-bond donors (Lipinski definition) is 0. The molecule has 1 saturated heterocycles. The fourth-order valence-electron chi connectivity index (χ4n) is 4.05. The van der Waals surface area contributed by atoms with Gasteiger partial charge >= 0.3 is 5.97 Å². The molecule has 23 heavy (non-hydrogen) atoms. The SMILES string of the molecule is CCC(=O)Oc1cccc(N2C(=O)[C@H]3[C@H](C2=O)[C@H]2C=C[C@H]3C2)c1. The zero-order valence-electron chi connectivity index (χ0n) is 12.8. The van der Waals surface area contributed by atoms with Gasteiger partial charge in [0.1, 0.15) is 5.75 Å². The summed E-state index contributed by atoms with van der Waals surface area (Å²) in [5.74, 6) is -0.320. The van der Waals surface area contributed by atoms with Crippen molar-refractivity contribution in [1.82, 2.24) is 0 Å². The lowest BCUT2D eigenvalue weighted by Gasteiger charge is -2.17. The first-order valence-corrected chi connectivity index (χ1v) is 7.97. The van der Waals surface area contributed by atoms with Crippen LogP contribution in [-0.2, 0) is 14.4 Å². The lowest BCUT2D eigenvalue weighted by molar-refractivity contribution is -0.134. The van der Waals surface area contributed by atoms with Crippen molar-refractivity contribution < 1.29 is 19.1 Å². The molecule has 0 N–H and O–H groups in total. The molecule has 2 bridgehead atoms. The first-order chi connectivity index (χ1) is 11.1. The summed E-state index contributed by atoms with van der Waals surface area (Å²) in [5.41, 5.74) is 0.482. The molecular formula is C18H17NO4. The van der Waals surface area contributed by atoms with E-state index in [0.717, 1.165) is 6.42 Å². The summed E-state index contributed by atoms with van der Waals surface area (Å²) in [5, 5.41) is 0. The number of esters is 1. The number of ether oxygens (including phenoxy) is 1. The molecule has 1 aromatic carbocycles. The van der Waals surface area contributed by atoms with Crippen LogP contribution in [-0.4, -0.2) is 17.8 Å². The highest BCUT2D eigenvalue weighted by atomic mass is 16.5. The molecule has 3 aliphatic rings. The maximum Gasteiger partial charge on any atom is 0.310 e. The van der Waals surface area contributed by atoms with E-state index in [1.54, 1.807) is 31.2 Å². The third kappa shape index (κ3) is 2.03. The van der Waals surface area contributed by atoms with E-state index >= 15 is 0 Å². The Labute approximate surface area is 133 Å². The van der Waals surface area contributed by atoms with E-state index in [0.29, 0.717) is 11.4 Å². The van der Waals surface area contributed by atoms with Crippen molar-refractivity contribution in [3.8, 4) is 5.75 Å². The van der Waals surface area contributed by atoms with Crippen molar-refractivity contribution >= 4 is 23.5 Å². The standard InChI is InChI=1S/C18H17NO4/c1-2-14(20)23-13-5-3-4-12(9-13)19-17(21)15-10-6-7-11(8-10)16(15)18(19)22/h3-7,9-11,15-16H,2,8H2,1H3/t10-,11-,15+,16+/m0/s1. The zero-order chi connectivity index (χ0) is 16.1. The van der Waals surface area contributed by atoms with Crippen molar-refractivity contribution in [1.29, 1.82) is 0 Å². The number of amides is 2. The number of fused-ring (bicyclic) bond motifs is 5. The molecule has 4 atom stereocenters. The minimum absolute atomic E-state index is 0.129. The quantitative estimate of drug-likeness (QED) is 0.372. The highest BCUT2D eigenvalue weighted by molar-refractivity contribution is 6.22. The van der Waals surface area contributed by atoms with Crippen LogP contribution in [0.2, 0.25) is 0 Å². The van der Waals surface area contributed by atoms with Gasteiger partial charge in [-0.3, -0.25) is 14.4 Å². The number of benzene rings is 1. The number of anilines is 1. The summed E-state index contributed by atoms with van der Waals surface area (Å²) in [6, 6.07) is 6.62. The number of rotatable bonds is 3. The Morgan fingerprint density at radius 2 is 1.83 bits per heavy atom. The van der Waals surface area contributed by atoms with Gasteiger partial charge in [0.2, 0.25) is 11.8 Å². The summed E-state index contributed by atoms with van der Waals surface area (Å²) in [6.45, 7) is 1.71. The molecule has 0 spiro atoms. The number of hydrogen-bond acceptors (Lipinski definition) is 4. The lowest BCUT2D eigenvalue weighted by atomic mass is 9.85. The maximum absolute atomic E-state index is 12.7. The Kier molecular flexibility index (Phi) is 3.11. The normalized spacial score (nSPS) is 30.9. The highest BCUT2D eigenvalue weighted by Gasteiger charge is 2.59.